The summed E-state index contributed by atoms with van der Waals surface area (Å²) in [5.41, 5.74) is 3.63. The van der Waals surface area contributed by atoms with Crippen molar-refractivity contribution in [2.75, 3.05) is 0 Å². The molecule has 0 atom stereocenters. The van der Waals surface area contributed by atoms with E-state index in [1.54, 1.807) is 24.9 Å². The number of aromatic hydroxyl groups is 1. The average molecular weight is 333 g/mol. The molecule has 0 saturated heterocycles. The minimum Gasteiger partial charge on any atom is -0.493 e. The molecule has 0 unspecified atom stereocenters. The molecule has 0 spiro atoms. The zero-order valence-electron chi connectivity index (χ0n) is 11.1. The topological polar surface area (TPSA) is 66.3 Å². The maximum Gasteiger partial charge on any atom is 0.218 e. The Bertz CT molecular complexity index is 826. The number of rotatable bonds is 1. The van der Waals surface area contributed by atoms with E-state index in [-0.39, 0.29) is 11.5 Å². The second kappa shape index (κ2) is 4.49. The van der Waals surface area contributed by atoms with Gasteiger partial charge in [-0.15, -0.1) is 0 Å². The van der Waals surface area contributed by atoms with Crippen LogP contribution < -0.4 is 5.62 Å². The van der Waals surface area contributed by atoms with Gasteiger partial charge >= 0.3 is 0 Å². The Morgan fingerprint density at radius 2 is 2.05 bits per heavy atom. The monoisotopic (exact) mass is 332 g/mol. The maximum atomic E-state index is 10.1. The van der Waals surface area contributed by atoms with Crippen molar-refractivity contribution < 1.29 is 5.11 Å². The molecule has 5 nitrogen and oxygen atoms in total. The molecule has 0 radical (unpaired) electrons. The summed E-state index contributed by atoms with van der Waals surface area (Å²) >= 11 is 3.53. The molecule has 2 heterocycles. The summed E-state index contributed by atoms with van der Waals surface area (Å²) in [4.78, 5) is 4.36. The quantitative estimate of drug-likeness (QED) is 0.828. The van der Waals surface area contributed by atoms with Crippen LogP contribution in [0.5, 0.6) is 5.88 Å². The molecule has 3 rings (SSSR count). The molecular weight excluding hydrogens is 320 g/mol. The van der Waals surface area contributed by atoms with Gasteiger partial charge in [-0.05, 0) is 18.2 Å². The third kappa shape index (κ3) is 1.76. The first-order valence-corrected chi connectivity index (χ1v) is 6.84. The van der Waals surface area contributed by atoms with Crippen molar-refractivity contribution in [1.82, 2.24) is 9.13 Å². The van der Waals surface area contributed by atoms with Crippen molar-refractivity contribution in [2.45, 2.75) is 0 Å². The number of allylic oxidation sites excluding steroid dienone is 1. The molecule has 0 amide bonds. The summed E-state index contributed by atoms with van der Waals surface area (Å²) in [5.74, 6) is 0.0684. The van der Waals surface area contributed by atoms with Gasteiger partial charge in [0.05, 0.1) is 5.69 Å². The van der Waals surface area contributed by atoms with E-state index < -0.39 is 0 Å². The van der Waals surface area contributed by atoms with E-state index in [9.17, 15) is 5.11 Å². The highest BCUT2D eigenvalue weighted by Gasteiger charge is 2.18. The molecule has 1 aliphatic heterocycles. The summed E-state index contributed by atoms with van der Waals surface area (Å²) < 4.78 is 4.02. The second-order valence-corrected chi connectivity index (χ2v) is 5.50. The zero-order chi connectivity index (χ0) is 14.4. The number of hydrogen-bond donors (Lipinski definition) is 2. The number of fused-ring (bicyclic) bond motifs is 1. The number of hydrogen-bond acceptors (Lipinski definition) is 3. The summed E-state index contributed by atoms with van der Waals surface area (Å²) in [5, 5.41) is 18.0. The molecule has 2 N–H and O–H groups in total. The standard InChI is InChI=1S/C14H13BrN4O/c1-18-11(13(20)19(2)14(18)16)6-8-7-17-10-5-3-4-9(15)12(8)10/h3-7,16,20H,1-2H3/b8-6+,16-14?. The van der Waals surface area contributed by atoms with E-state index in [2.05, 4.69) is 20.9 Å². The van der Waals surface area contributed by atoms with E-state index in [0.29, 0.717) is 5.69 Å². The van der Waals surface area contributed by atoms with Crippen molar-refractivity contribution in [3.63, 3.8) is 0 Å². The Morgan fingerprint density at radius 3 is 2.70 bits per heavy atom. The van der Waals surface area contributed by atoms with Gasteiger partial charge in [-0.25, -0.2) is 0 Å². The predicted molar refractivity (Wildman–Crippen MR) is 82.1 cm³/mol. The van der Waals surface area contributed by atoms with E-state index in [1.165, 1.54) is 4.57 Å². The smallest absolute Gasteiger partial charge is 0.218 e. The summed E-state index contributed by atoms with van der Waals surface area (Å²) in [6.07, 6.45) is 3.61. The number of imidazole rings is 1. The van der Waals surface area contributed by atoms with Crippen LogP contribution >= 0.6 is 15.9 Å². The lowest BCUT2D eigenvalue weighted by molar-refractivity contribution is 0.427. The third-order valence-corrected chi connectivity index (χ3v) is 4.12. The SMILES string of the molecule is Cn1c(O)c(/C=C2\C=Nc3cccc(Br)c32)n(C)c1=N. The molecule has 1 aromatic carbocycles. The molecular formula is C14H13BrN4O. The van der Waals surface area contributed by atoms with Crippen molar-refractivity contribution in [1.29, 1.82) is 5.41 Å². The van der Waals surface area contributed by atoms with Gasteiger partial charge in [-0.3, -0.25) is 15.0 Å². The fraction of sp³-hybridized carbons (Fsp3) is 0.143. The van der Waals surface area contributed by atoms with Gasteiger partial charge in [-0.2, -0.15) is 0 Å². The molecule has 2 aromatic rings. The third-order valence-electron chi connectivity index (χ3n) is 3.46. The predicted octanol–water partition coefficient (Wildman–Crippen LogP) is 2.57. The minimum absolute atomic E-state index is 0.0684. The van der Waals surface area contributed by atoms with Crippen LogP contribution in [0.3, 0.4) is 0 Å². The number of aromatic nitrogens is 2. The zero-order valence-corrected chi connectivity index (χ0v) is 12.6. The Balaban J connectivity index is 2.21. The van der Waals surface area contributed by atoms with E-state index in [1.807, 2.05) is 24.3 Å². The molecule has 20 heavy (non-hydrogen) atoms. The Labute approximate surface area is 124 Å². The first-order chi connectivity index (χ1) is 9.50. The van der Waals surface area contributed by atoms with Gasteiger partial charge in [0, 0.05) is 35.9 Å². The highest BCUT2D eigenvalue weighted by molar-refractivity contribution is 9.10. The number of aliphatic imine (C=N–C) groups is 1. The van der Waals surface area contributed by atoms with Crippen LogP contribution in [-0.4, -0.2) is 20.5 Å². The Hall–Kier alpha value is -2.08. The molecule has 0 saturated carbocycles. The van der Waals surface area contributed by atoms with Crippen molar-refractivity contribution in [2.24, 2.45) is 19.1 Å². The maximum absolute atomic E-state index is 10.1. The van der Waals surface area contributed by atoms with Gasteiger partial charge in [-0.1, -0.05) is 22.0 Å². The largest absolute Gasteiger partial charge is 0.493 e. The second-order valence-electron chi connectivity index (χ2n) is 4.64. The fourth-order valence-electron chi connectivity index (χ4n) is 2.29. The summed E-state index contributed by atoms with van der Waals surface area (Å²) in [7, 11) is 3.41. The van der Waals surface area contributed by atoms with Crippen LogP contribution in [0, 0.1) is 5.41 Å². The normalized spacial score (nSPS) is 15.1. The van der Waals surface area contributed by atoms with E-state index in [0.717, 1.165) is 21.3 Å². The van der Waals surface area contributed by atoms with E-state index >= 15 is 0 Å². The highest BCUT2D eigenvalue weighted by atomic mass is 79.9. The molecule has 0 bridgehead atoms. The van der Waals surface area contributed by atoms with Crippen molar-refractivity contribution in [3.8, 4) is 5.88 Å². The molecule has 6 heteroatoms. The van der Waals surface area contributed by atoms with Crippen molar-refractivity contribution >= 4 is 39.5 Å². The van der Waals surface area contributed by atoms with Crippen LogP contribution in [0.2, 0.25) is 0 Å². The molecule has 0 aliphatic carbocycles. The van der Waals surface area contributed by atoms with Gasteiger partial charge < -0.3 is 9.67 Å². The van der Waals surface area contributed by atoms with Gasteiger partial charge in [0.1, 0.15) is 5.69 Å². The molecule has 102 valence electrons. The lowest BCUT2D eigenvalue weighted by Crippen LogP contribution is -2.20. The first kappa shape index (κ1) is 12.9. The Morgan fingerprint density at radius 1 is 1.30 bits per heavy atom. The van der Waals surface area contributed by atoms with Gasteiger partial charge in [0.15, 0.2) is 0 Å². The number of benzene rings is 1. The number of halogens is 1. The number of nitrogens with one attached hydrogen (secondary N) is 1. The van der Waals surface area contributed by atoms with E-state index in [4.69, 9.17) is 5.41 Å². The van der Waals surface area contributed by atoms with Crippen LogP contribution in [-0.2, 0) is 14.1 Å². The average Bonchev–Trinajstić information content (AvgIpc) is 2.92. The Kier molecular flexibility index (Phi) is 2.90. The molecule has 0 fully saturated rings. The van der Waals surface area contributed by atoms with Gasteiger partial charge in [0.2, 0.25) is 11.5 Å². The molecule has 1 aliphatic rings. The van der Waals surface area contributed by atoms with Gasteiger partial charge in [0.25, 0.3) is 0 Å². The van der Waals surface area contributed by atoms with Crippen LogP contribution in [0.4, 0.5) is 5.69 Å². The van der Waals surface area contributed by atoms with Crippen molar-refractivity contribution in [3.05, 3.63) is 39.5 Å². The van der Waals surface area contributed by atoms with Crippen LogP contribution in [0.15, 0.2) is 27.7 Å². The minimum atomic E-state index is 0.0684. The lowest BCUT2D eigenvalue weighted by atomic mass is 10.1. The van der Waals surface area contributed by atoms with Crippen LogP contribution in [0.1, 0.15) is 11.3 Å². The number of nitrogens with zero attached hydrogens (tertiary/aromatic N) is 3. The summed E-state index contributed by atoms with van der Waals surface area (Å²) in [6.45, 7) is 0. The molecule has 1 aromatic heterocycles. The fourth-order valence-corrected chi connectivity index (χ4v) is 2.87. The highest BCUT2D eigenvalue weighted by Crippen LogP contribution is 2.38. The van der Waals surface area contributed by atoms with Crippen LogP contribution in [0.25, 0.3) is 11.6 Å². The summed E-state index contributed by atoms with van der Waals surface area (Å²) in [6, 6.07) is 5.84. The first-order valence-electron chi connectivity index (χ1n) is 6.04. The lowest BCUT2D eigenvalue weighted by Gasteiger charge is -2.03.